The van der Waals surface area contributed by atoms with E-state index in [2.05, 4.69) is 5.32 Å². The van der Waals surface area contributed by atoms with Gasteiger partial charge in [-0.3, -0.25) is 4.79 Å². The Labute approximate surface area is 152 Å². The third kappa shape index (κ3) is 5.02. The molecule has 7 nitrogen and oxygen atoms in total. The fraction of sp³-hybridized carbons (Fsp3) is 0.368. The first-order valence-electron chi connectivity index (χ1n) is 8.16. The second kappa shape index (κ2) is 8.94. The smallest absolute Gasteiger partial charge is 0.342 e. The lowest BCUT2D eigenvalue weighted by molar-refractivity contribution is -0.124. The first kappa shape index (κ1) is 19.4. The number of rotatable bonds is 8. The molecule has 140 valence electrons. The van der Waals surface area contributed by atoms with Crippen LogP contribution in [0.1, 0.15) is 27.4 Å². The number of aryl methyl sites for hydroxylation is 2. The van der Waals surface area contributed by atoms with Gasteiger partial charge >= 0.3 is 5.97 Å². The summed E-state index contributed by atoms with van der Waals surface area (Å²) < 4.78 is 20.7. The fourth-order valence-electron chi connectivity index (χ4n) is 2.48. The van der Waals surface area contributed by atoms with Crippen LogP contribution in [0.5, 0.6) is 11.5 Å². The summed E-state index contributed by atoms with van der Waals surface area (Å²) in [6.07, 6.45) is 0.611. The minimum absolute atomic E-state index is 0.334. The summed E-state index contributed by atoms with van der Waals surface area (Å²) in [6, 6.07) is 7.16. The Morgan fingerprint density at radius 2 is 1.81 bits per heavy atom. The average molecular weight is 361 g/mol. The highest BCUT2D eigenvalue weighted by Gasteiger charge is 2.16. The highest BCUT2D eigenvalue weighted by atomic mass is 16.5. The lowest BCUT2D eigenvalue weighted by atomic mass is 10.1. The summed E-state index contributed by atoms with van der Waals surface area (Å²) in [4.78, 5) is 23.7. The molecule has 1 aromatic carbocycles. The van der Waals surface area contributed by atoms with Gasteiger partial charge in [0.15, 0.2) is 18.1 Å². The molecule has 0 aliphatic rings. The number of benzene rings is 1. The quantitative estimate of drug-likeness (QED) is 0.727. The van der Waals surface area contributed by atoms with Crippen LogP contribution in [0.15, 0.2) is 28.7 Å². The summed E-state index contributed by atoms with van der Waals surface area (Å²) in [5.74, 6) is 1.44. The van der Waals surface area contributed by atoms with Gasteiger partial charge in [0.05, 0.1) is 14.2 Å². The molecule has 1 N–H and O–H groups in total. The van der Waals surface area contributed by atoms with Crippen LogP contribution in [-0.2, 0) is 16.0 Å². The summed E-state index contributed by atoms with van der Waals surface area (Å²) in [6.45, 7) is 3.49. The van der Waals surface area contributed by atoms with Crippen LogP contribution in [-0.4, -0.2) is 39.2 Å². The van der Waals surface area contributed by atoms with E-state index in [1.165, 1.54) is 0 Å². The minimum Gasteiger partial charge on any atom is -0.493 e. The van der Waals surface area contributed by atoms with Crippen molar-refractivity contribution in [3.8, 4) is 11.5 Å². The van der Waals surface area contributed by atoms with E-state index in [0.717, 1.165) is 5.56 Å². The van der Waals surface area contributed by atoms with Crippen molar-refractivity contribution in [1.29, 1.82) is 0 Å². The van der Waals surface area contributed by atoms with Gasteiger partial charge in [0.2, 0.25) is 0 Å². The van der Waals surface area contributed by atoms with Gasteiger partial charge in [0.1, 0.15) is 17.1 Å². The molecule has 0 saturated carbocycles. The molecule has 2 rings (SSSR count). The monoisotopic (exact) mass is 361 g/mol. The Balaban J connectivity index is 1.77. The normalized spacial score (nSPS) is 10.3. The van der Waals surface area contributed by atoms with E-state index in [-0.39, 0.29) is 12.5 Å². The number of amides is 1. The van der Waals surface area contributed by atoms with Crippen LogP contribution < -0.4 is 14.8 Å². The number of furan rings is 1. The van der Waals surface area contributed by atoms with E-state index in [1.807, 2.05) is 18.2 Å². The van der Waals surface area contributed by atoms with Gasteiger partial charge in [-0.15, -0.1) is 0 Å². The predicted molar refractivity (Wildman–Crippen MR) is 94.7 cm³/mol. The molecule has 2 aromatic rings. The first-order chi connectivity index (χ1) is 12.4. The Kier molecular flexibility index (Phi) is 6.66. The summed E-state index contributed by atoms with van der Waals surface area (Å²) in [5.41, 5.74) is 1.32. The van der Waals surface area contributed by atoms with E-state index in [0.29, 0.717) is 41.5 Å². The van der Waals surface area contributed by atoms with Crippen molar-refractivity contribution in [2.24, 2.45) is 0 Å². The molecule has 0 spiro atoms. The molecule has 1 heterocycles. The number of hydrogen-bond acceptors (Lipinski definition) is 6. The van der Waals surface area contributed by atoms with E-state index in [9.17, 15) is 9.59 Å². The topological polar surface area (TPSA) is 87.0 Å². The molecule has 0 saturated heterocycles. The SMILES string of the molecule is COc1ccc(CCNC(=O)COC(=O)c2cc(C)oc2C)cc1OC. The molecule has 0 aliphatic heterocycles. The zero-order valence-corrected chi connectivity index (χ0v) is 15.4. The summed E-state index contributed by atoms with van der Waals surface area (Å²) in [7, 11) is 3.15. The molecule has 0 bridgehead atoms. The Morgan fingerprint density at radius 3 is 2.42 bits per heavy atom. The number of methoxy groups -OCH3 is 2. The number of carbonyl (C=O) groups is 2. The molecule has 0 aliphatic carbocycles. The standard InChI is InChI=1S/C19H23NO6/c1-12-9-15(13(2)26-12)19(22)25-11-18(21)20-8-7-14-5-6-16(23-3)17(10-14)24-4/h5-6,9-10H,7-8,11H2,1-4H3,(H,20,21). The first-order valence-corrected chi connectivity index (χ1v) is 8.16. The third-order valence-corrected chi connectivity index (χ3v) is 3.78. The summed E-state index contributed by atoms with van der Waals surface area (Å²) >= 11 is 0. The molecule has 1 amide bonds. The third-order valence-electron chi connectivity index (χ3n) is 3.78. The highest BCUT2D eigenvalue weighted by Crippen LogP contribution is 2.27. The van der Waals surface area contributed by atoms with Crippen molar-refractivity contribution in [1.82, 2.24) is 5.32 Å². The maximum absolute atomic E-state index is 11.9. The van der Waals surface area contributed by atoms with Gasteiger partial charge < -0.3 is 23.9 Å². The van der Waals surface area contributed by atoms with Crippen molar-refractivity contribution in [3.05, 3.63) is 46.9 Å². The Hall–Kier alpha value is -2.96. The van der Waals surface area contributed by atoms with Crippen LogP contribution in [0.4, 0.5) is 0 Å². The van der Waals surface area contributed by atoms with Crippen molar-refractivity contribution < 1.29 is 28.2 Å². The minimum atomic E-state index is -0.575. The molecule has 1 aromatic heterocycles. The molecule has 26 heavy (non-hydrogen) atoms. The average Bonchev–Trinajstić information content (AvgIpc) is 2.97. The maximum atomic E-state index is 11.9. The number of esters is 1. The van der Waals surface area contributed by atoms with Gasteiger partial charge in [-0.25, -0.2) is 4.79 Å². The van der Waals surface area contributed by atoms with Crippen LogP contribution in [0, 0.1) is 13.8 Å². The van der Waals surface area contributed by atoms with Crippen LogP contribution >= 0.6 is 0 Å². The number of hydrogen-bond donors (Lipinski definition) is 1. The lowest BCUT2D eigenvalue weighted by Crippen LogP contribution is -2.30. The number of ether oxygens (including phenoxy) is 3. The molecule has 0 radical (unpaired) electrons. The molecular formula is C19H23NO6. The summed E-state index contributed by atoms with van der Waals surface area (Å²) in [5, 5.41) is 2.71. The van der Waals surface area contributed by atoms with Gasteiger partial charge in [-0.05, 0) is 44.0 Å². The number of carbonyl (C=O) groups excluding carboxylic acids is 2. The molecule has 0 atom stereocenters. The maximum Gasteiger partial charge on any atom is 0.342 e. The molecule has 0 fully saturated rings. The van der Waals surface area contributed by atoms with Crippen molar-refractivity contribution in [2.45, 2.75) is 20.3 Å². The molecule has 7 heteroatoms. The molecular weight excluding hydrogens is 338 g/mol. The zero-order valence-electron chi connectivity index (χ0n) is 15.4. The van der Waals surface area contributed by atoms with Crippen molar-refractivity contribution in [2.75, 3.05) is 27.4 Å². The van der Waals surface area contributed by atoms with Gasteiger partial charge in [-0.2, -0.15) is 0 Å². The highest BCUT2D eigenvalue weighted by molar-refractivity contribution is 5.92. The Morgan fingerprint density at radius 1 is 1.08 bits per heavy atom. The lowest BCUT2D eigenvalue weighted by Gasteiger charge is -2.10. The zero-order chi connectivity index (χ0) is 19.1. The van der Waals surface area contributed by atoms with Crippen LogP contribution in [0.3, 0.4) is 0 Å². The second-order valence-corrected chi connectivity index (χ2v) is 5.69. The second-order valence-electron chi connectivity index (χ2n) is 5.69. The van der Waals surface area contributed by atoms with E-state index in [1.54, 1.807) is 34.1 Å². The van der Waals surface area contributed by atoms with Gasteiger partial charge in [0.25, 0.3) is 5.91 Å². The van der Waals surface area contributed by atoms with Crippen LogP contribution in [0.25, 0.3) is 0 Å². The fourth-order valence-corrected chi connectivity index (χ4v) is 2.48. The molecule has 0 unspecified atom stereocenters. The Bertz CT molecular complexity index is 780. The van der Waals surface area contributed by atoms with E-state index in [4.69, 9.17) is 18.6 Å². The largest absolute Gasteiger partial charge is 0.493 e. The predicted octanol–water partition coefficient (Wildman–Crippen LogP) is 2.43. The van der Waals surface area contributed by atoms with E-state index >= 15 is 0 Å². The van der Waals surface area contributed by atoms with Gasteiger partial charge in [0, 0.05) is 6.54 Å². The van der Waals surface area contributed by atoms with E-state index < -0.39 is 5.97 Å². The van der Waals surface area contributed by atoms with Crippen molar-refractivity contribution >= 4 is 11.9 Å². The number of nitrogens with one attached hydrogen (secondary N) is 1. The van der Waals surface area contributed by atoms with Crippen molar-refractivity contribution in [3.63, 3.8) is 0 Å². The van der Waals surface area contributed by atoms with Gasteiger partial charge in [-0.1, -0.05) is 6.07 Å². The van der Waals surface area contributed by atoms with Crippen LogP contribution in [0.2, 0.25) is 0 Å².